The first-order valence-electron chi connectivity index (χ1n) is 9.65. The zero-order valence-corrected chi connectivity index (χ0v) is 17.0. The average molecular weight is 401 g/mol. The summed E-state index contributed by atoms with van der Waals surface area (Å²) in [4.78, 5) is 14.7. The summed E-state index contributed by atoms with van der Waals surface area (Å²) < 4.78 is 10.5. The van der Waals surface area contributed by atoms with Crippen LogP contribution in [0.2, 0.25) is 0 Å². The molecule has 1 heterocycles. The van der Waals surface area contributed by atoms with E-state index in [0.29, 0.717) is 17.1 Å². The van der Waals surface area contributed by atoms with Crippen molar-refractivity contribution in [2.45, 2.75) is 13.1 Å². The van der Waals surface area contributed by atoms with Gasteiger partial charge in [0.1, 0.15) is 0 Å². The second-order valence-electron chi connectivity index (χ2n) is 6.99. The molecule has 0 radical (unpaired) electrons. The highest BCUT2D eigenvalue weighted by Crippen LogP contribution is 2.28. The van der Waals surface area contributed by atoms with E-state index in [2.05, 4.69) is 39.7 Å². The van der Waals surface area contributed by atoms with Crippen LogP contribution in [0.4, 0.5) is 5.69 Å². The maximum Gasteiger partial charge on any atom is 0.271 e. The Morgan fingerprint density at radius 1 is 0.933 bits per heavy atom. The minimum Gasteiger partial charge on any atom is -0.493 e. The van der Waals surface area contributed by atoms with E-state index < -0.39 is 0 Å². The maximum atomic E-state index is 12.4. The normalized spacial score (nSPS) is 12.7. The zero-order chi connectivity index (χ0) is 20.9. The lowest BCUT2D eigenvalue weighted by molar-refractivity contribution is 0.0955. The van der Waals surface area contributed by atoms with Crippen LogP contribution in [-0.4, -0.2) is 26.3 Å². The van der Waals surface area contributed by atoms with Crippen molar-refractivity contribution in [1.82, 2.24) is 5.43 Å². The van der Waals surface area contributed by atoms with Crippen molar-refractivity contribution in [3.63, 3.8) is 0 Å². The van der Waals surface area contributed by atoms with Crippen molar-refractivity contribution in [3.05, 3.63) is 89.0 Å². The molecule has 1 aliphatic heterocycles. The van der Waals surface area contributed by atoms with Crippen LogP contribution in [0.25, 0.3) is 0 Å². The molecule has 152 valence electrons. The standard InChI is InChI=1S/C24H23N3O3/c1-29-22-12-7-17(13-23(22)30-2)14-25-26-24(28)18-8-10-21(11-9-18)27-15-19-5-3-4-6-20(19)16-27/h3-14H,15-16H2,1-2H3,(H,26,28). The van der Waals surface area contributed by atoms with Gasteiger partial charge in [0.05, 0.1) is 20.4 Å². The highest BCUT2D eigenvalue weighted by atomic mass is 16.5. The molecule has 0 spiro atoms. The molecule has 4 rings (SSSR count). The number of benzene rings is 3. The Hall–Kier alpha value is -3.80. The number of nitrogens with zero attached hydrogens (tertiary/aromatic N) is 2. The van der Waals surface area contributed by atoms with E-state index in [-0.39, 0.29) is 5.91 Å². The van der Waals surface area contributed by atoms with Gasteiger partial charge in [-0.05, 0) is 59.2 Å². The Labute approximate surface area is 175 Å². The molecule has 0 aromatic heterocycles. The molecule has 30 heavy (non-hydrogen) atoms. The van der Waals surface area contributed by atoms with Crippen LogP contribution in [0.15, 0.2) is 71.8 Å². The fourth-order valence-corrected chi connectivity index (χ4v) is 3.50. The Morgan fingerprint density at radius 2 is 1.60 bits per heavy atom. The van der Waals surface area contributed by atoms with Crippen LogP contribution in [-0.2, 0) is 13.1 Å². The van der Waals surface area contributed by atoms with Crippen LogP contribution in [0.1, 0.15) is 27.0 Å². The van der Waals surface area contributed by atoms with Crippen LogP contribution < -0.4 is 19.8 Å². The number of carbonyl (C=O) groups excluding carboxylic acids is 1. The Balaban J connectivity index is 1.37. The van der Waals surface area contributed by atoms with Crippen molar-refractivity contribution in [2.75, 3.05) is 19.1 Å². The first kappa shape index (κ1) is 19.5. The number of carbonyl (C=O) groups is 1. The average Bonchev–Trinajstić information content (AvgIpc) is 3.23. The third-order valence-corrected chi connectivity index (χ3v) is 5.12. The van der Waals surface area contributed by atoms with Gasteiger partial charge in [-0.2, -0.15) is 5.10 Å². The number of rotatable bonds is 6. The van der Waals surface area contributed by atoms with E-state index in [1.54, 1.807) is 32.6 Å². The van der Waals surface area contributed by atoms with Gasteiger partial charge in [-0.25, -0.2) is 5.43 Å². The molecule has 0 unspecified atom stereocenters. The summed E-state index contributed by atoms with van der Waals surface area (Å²) >= 11 is 0. The van der Waals surface area contributed by atoms with Gasteiger partial charge in [-0.1, -0.05) is 24.3 Å². The lowest BCUT2D eigenvalue weighted by Gasteiger charge is -2.17. The van der Waals surface area contributed by atoms with Gasteiger partial charge in [-0.3, -0.25) is 4.79 Å². The lowest BCUT2D eigenvalue weighted by atomic mass is 10.1. The maximum absolute atomic E-state index is 12.4. The summed E-state index contributed by atoms with van der Waals surface area (Å²) in [6.07, 6.45) is 1.57. The van der Waals surface area contributed by atoms with E-state index in [1.165, 1.54) is 11.1 Å². The lowest BCUT2D eigenvalue weighted by Crippen LogP contribution is -2.18. The number of amides is 1. The Kier molecular flexibility index (Phi) is 5.66. The number of fused-ring (bicyclic) bond motifs is 1. The number of anilines is 1. The summed E-state index contributed by atoms with van der Waals surface area (Å²) in [6.45, 7) is 1.77. The van der Waals surface area contributed by atoms with Crippen LogP contribution in [0.3, 0.4) is 0 Å². The molecule has 6 heteroatoms. The molecule has 0 fully saturated rings. The topological polar surface area (TPSA) is 63.2 Å². The van der Waals surface area contributed by atoms with Gasteiger partial charge in [0, 0.05) is 24.3 Å². The van der Waals surface area contributed by atoms with Gasteiger partial charge in [0.15, 0.2) is 11.5 Å². The van der Waals surface area contributed by atoms with E-state index in [1.807, 2.05) is 30.3 Å². The predicted molar refractivity (Wildman–Crippen MR) is 117 cm³/mol. The van der Waals surface area contributed by atoms with Crippen molar-refractivity contribution in [1.29, 1.82) is 0 Å². The number of hydrogen-bond acceptors (Lipinski definition) is 5. The van der Waals surface area contributed by atoms with Gasteiger partial charge in [0.25, 0.3) is 5.91 Å². The van der Waals surface area contributed by atoms with Gasteiger partial charge in [0.2, 0.25) is 0 Å². The van der Waals surface area contributed by atoms with Crippen molar-refractivity contribution in [2.24, 2.45) is 5.10 Å². The summed E-state index contributed by atoms with van der Waals surface area (Å²) in [7, 11) is 3.16. The van der Waals surface area contributed by atoms with E-state index in [9.17, 15) is 4.79 Å². The predicted octanol–water partition coefficient (Wildman–Crippen LogP) is 3.99. The van der Waals surface area contributed by atoms with E-state index >= 15 is 0 Å². The van der Waals surface area contributed by atoms with Crippen molar-refractivity contribution >= 4 is 17.8 Å². The van der Waals surface area contributed by atoms with E-state index in [4.69, 9.17) is 9.47 Å². The molecule has 0 aliphatic carbocycles. The Morgan fingerprint density at radius 3 is 2.23 bits per heavy atom. The number of hydrazone groups is 1. The largest absolute Gasteiger partial charge is 0.493 e. The first-order chi connectivity index (χ1) is 14.7. The molecule has 0 atom stereocenters. The SMILES string of the molecule is COc1ccc(C=NNC(=O)c2ccc(N3Cc4ccccc4C3)cc2)cc1OC. The minimum atomic E-state index is -0.261. The molecule has 1 amide bonds. The molecular weight excluding hydrogens is 378 g/mol. The number of hydrogen-bond donors (Lipinski definition) is 1. The monoisotopic (exact) mass is 401 g/mol. The summed E-state index contributed by atoms with van der Waals surface area (Å²) in [6, 6.07) is 21.4. The van der Waals surface area contributed by atoms with Gasteiger partial charge < -0.3 is 14.4 Å². The number of ether oxygens (including phenoxy) is 2. The summed E-state index contributed by atoms with van der Waals surface area (Å²) in [5.74, 6) is 0.982. The number of methoxy groups -OCH3 is 2. The fourth-order valence-electron chi connectivity index (χ4n) is 3.50. The highest BCUT2D eigenvalue weighted by Gasteiger charge is 2.18. The van der Waals surface area contributed by atoms with Crippen LogP contribution >= 0.6 is 0 Å². The molecule has 1 aliphatic rings. The molecule has 6 nitrogen and oxygen atoms in total. The Bertz CT molecular complexity index is 1050. The van der Waals surface area contributed by atoms with Crippen LogP contribution in [0.5, 0.6) is 11.5 Å². The summed E-state index contributed by atoms with van der Waals surface area (Å²) in [5, 5.41) is 4.04. The molecule has 0 saturated carbocycles. The third-order valence-electron chi connectivity index (χ3n) is 5.12. The molecular formula is C24H23N3O3. The second kappa shape index (κ2) is 8.69. The third kappa shape index (κ3) is 4.12. The molecule has 1 N–H and O–H groups in total. The molecule has 3 aromatic rings. The van der Waals surface area contributed by atoms with Gasteiger partial charge in [-0.15, -0.1) is 0 Å². The summed E-state index contributed by atoms with van der Waals surface area (Å²) in [5.41, 5.74) is 7.70. The molecule has 0 bridgehead atoms. The number of nitrogens with one attached hydrogen (secondary N) is 1. The van der Waals surface area contributed by atoms with E-state index in [0.717, 1.165) is 24.3 Å². The highest BCUT2D eigenvalue weighted by molar-refractivity contribution is 5.95. The van der Waals surface area contributed by atoms with Crippen molar-refractivity contribution < 1.29 is 14.3 Å². The first-order valence-corrected chi connectivity index (χ1v) is 9.65. The zero-order valence-electron chi connectivity index (χ0n) is 17.0. The van der Waals surface area contributed by atoms with Crippen molar-refractivity contribution in [3.8, 4) is 11.5 Å². The van der Waals surface area contributed by atoms with Crippen LogP contribution in [0, 0.1) is 0 Å². The fraction of sp³-hybridized carbons (Fsp3) is 0.167. The van der Waals surface area contributed by atoms with Gasteiger partial charge >= 0.3 is 0 Å². The second-order valence-corrected chi connectivity index (χ2v) is 6.99. The molecule has 0 saturated heterocycles. The molecule has 3 aromatic carbocycles. The quantitative estimate of drug-likeness (QED) is 0.501. The smallest absolute Gasteiger partial charge is 0.271 e. The minimum absolute atomic E-state index is 0.261.